The molecule has 0 saturated heterocycles. The van der Waals surface area contributed by atoms with Crippen molar-refractivity contribution in [3.8, 4) is 0 Å². The minimum Gasteiger partial charge on any atom is -0.440 e. The van der Waals surface area contributed by atoms with Crippen LogP contribution in [-0.2, 0) is 4.74 Å². The summed E-state index contributed by atoms with van der Waals surface area (Å²) in [5, 5.41) is 2.03. The van der Waals surface area contributed by atoms with Crippen LogP contribution in [0.4, 0.5) is 33.7 Å². The number of ether oxygens (including phenoxy) is 1. The van der Waals surface area contributed by atoms with Crippen molar-refractivity contribution < 1.29 is 27.1 Å². The molecule has 0 unspecified atom stereocenters. The number of amides is 1. The van der Waals surface area contributed by atoms with E-state index in [0.717, 1.165) is 6.07 Å². The summed E-state index contributed by atoms with van der Waals surface area (Å²) in [6, 6.07) is 3.89. The Hall–Kier alpha value is -1.99. The predicted octanol–water partition coefficient (Wildman–Crippen LogP) is 3.78. The zero-order valence-electron chi connectivity index (χ0n) is 11.8. The van der Waals surface area contributed by atoms with E-state index in [1.54, 1.807) is 11.9 Å². The Morgan fingerprint density at radius 2 is 2.00 bits per heavy atom. The van der Waals surface area contributed by atoms with Gasteiger partial charge in [-0.05, 0) is 32.0 Å². The van der Waals surface area contributed by atoms with Crippen LogP contribution in [0.25, 0.3) is 0 Å². The molecule has 0 aliphatic carbocycles. The molecule has 0 aromatic heterocycles. The summed E-state index contributed by atoms with van der Waals surface area (Å²) >= 11 is 0. The van der Waals surface area contributed by atoms with Crippen LogP contribution < -0.4 is 10.2 Å². The van der Waals surface area contributed by atoms with E-state index in [4.69, 9.17) is 0 Å². The van der Waals surface area contributed by atoms with Gasteiger partial charge < -0.3 is 9.64 Å². The van der Waals surface area contributed by atoms with Gasteiger partial charge in [0, 0.05) is 18.8 Å². The molecule has 21 heavy (non-hydrogen) atoms. The van der Waals surface area contributed by atoms with Crippen molar-refractivity contribution in [3.63, 3.8) is 0 Å². The molecule has 8 heteroatoms. The Bertz CT molecular complexity index is 503. The van der Waals surface area contributed by atoms with Gasteiger partial charge in [0.25, 0.3) is 0 Å². The number of benzene rings is 1. The van der Waals surface area contributed by atoms with Crippen molar-refractivity contribution in [2.45, 2.75) is 26.1 Å². The second-order valence-electron chi connectivity index (χ2n) is 4.69. The number of hydrogen-bond donors (Lipinski definition) is 1. The summed E-state index contributed by atoms with van der Waals surface area (Å²) in [5.41, 5.74) is 0.333. The molecule has 118 valence electrons. The van der Waals surface area contributed by atoms with Crippen molar-refractivity contribution in [3.05, 3.63) is 24.0 Å². The zero-order valence-corrected chi connectivity index (χ0v) is 11.8. The monoisotopic (exact) mass is 308 g/mol. The lowest BCUT2D eigenvalue weighted by atomic mass is 10.2. The first-order valence-corrected chi connectivity index (χ1v) is 6.13. The van der Waals surface area contributed by atoms with Crippen LogP contribution in [0.5, 0.6) is 0 Å². The number of hydrogen-bond acceptors (Lipinski definition) is 3. The van der Waals surface area contributed by atoms with Crippen LogP contribution in [0.15, 0.2) is 18.2 Å². The Balaban J connectivity index is 2.70. The van der Waals surface area contributed by atoms with Crippen LogP contribution in [-0.4, -0.2) is 32.0 Å². The van der Waals surface area contributed by atoms with Gasteiger partial charge in [-0.15, -0.1) is 0 Å². The number of anilines is 2. The highest BCUT2D eigenvalue weighted by atomic mass is 19.4. The number of alkyl halides is 3. The predicted molar refractivity (Wildman–Crippen MR) is 71.0 cm³/mol. The van der Waals surface area contributed by atoms with Gasteiger partial charge >= 0.3 is 12.3 Å². The van der Waals surface area contributed by atoms with Crippen molar-refractivity contribution in [1.82, 2.24) is 0 Å². The van der Waals surface area contributed by atoms with Gasteiger partial charge in [0.2, 0.25) is 0 Å². The lowest BCUT2D eigenvalue weighted by Crippen LogP contribution is -2.26. The molecule has 1 aromatic rings. The maximum Gasteiger partial charge on any atom is 0.422 e. The molecule has 1 amide bonds. The van der Waals surface area contributed by atoms with Crippen LogP contribution in [0.2, 0.25) is 0 Å². The summed E-state index contributed by atoms with van der Waals surface area (Å²) in [4.78, 5) is 12.8. The maximum absolute atomic E-state index is 13.9. The fraction of sp³-hybridized carbons (Fsp3) is 0.462. The van der Waals surface area contributed by atoms with E-state index in [1.165, 1.54) is 12.1 Å². The average Bonchev–Trinajstić information content (AvgIpc) is 2.35. The summed E-state index contributed by atoms with van der Waals surface area (Å²) in [6.07, 6.45) is -5.90. The van der Waals surface area contributed by atoms with Crippen LogP contribution in [0, 0.1) is 5.82 Å². The highest BCUT2D eigenvalue weighted by molar-refractivity contribution is 5.85. The Morgan fingerprint density at radius 3 is 2.48 bits per heavy atom. The van der Waals surface area contributed by atoms with Gasteiger partial charge in [0.05, 0.1) is 5.69 Å². The summed E-state index contributed by atoms with van der Waals surface area (Å²) in [7, 11) is 1.70. The molecule has 0 aliphatic heterocycles. The van der Waals surface area contributed by atoms with E-state index in [2.05, 4.69) is 4.74 Å². The molecule has 4 nitrogen and oxygen atoms in total. The lowest BCUT2D eigenvalue weighted by molar-refractivity contribution is -0.159. The third-order valence-electron chi connectivity index (χ3n) is 2.72. The van der Waals surface area contributed by atoms with Gasteiger partial charge in [-0.1, -0.05) is 0 Å². The fourth-order valence-electron chi connectivity index (χ4n) is 1.45. The Labute approximate surface area is 119 Å². The quantitative estimate of drug-likeness (QED) is 0.861. The number of nitrogens with one attached hydrogen (secondary N) is 1. The van der Waals surface area contributed by atoms with E-state index in [0.29, 0.717) is 5.69 Å². The fourth-order valence-corrected chi connectivity index (χ4v) is 1.45. The third-order valence-corrected chi connectivity index (χ3v) is 2.72. The largest absolute Gasteiger partial charge is 0.440 e. The number of carbonyl (C=O) groups excluding carboxylic acids is 1. The van der Waals surface area contributed by atoms with E-state index in [-0.39, 0.29) is 11.7 Å². The van der Waals surface area contributed by atoms with Crippen LogP contribution >= 0.6 is 0 Å². The molecule has 1 N–H and O–H groups in total. The highest BCUT2D eigenvalue weighted by Crippen LogP contribution is 2.23. The van der Waals surface area contributed by atoms with Gasteiger partial charge in [0.15, 0.2) is 6.61 Å². The second kappa shape index (κ2) is 6.64. The maximum atomic E-state index is 13.9. The molecule has 0 atom stereocenters. The number of carbonyl (C=O) groups is 1. The zero-order chi connectivity index (χ0) is 16.2. The topological polar surface area (TPSA) is 41.6 Å². The number of halogens is 4. The summed E-state index contributed by atoms with van der Waals surface area (Å²) in [5.74, 6) is -0.597. The van der Waals surface area contributed by atoms with Gasteiger partial charge in [-0.25, -0.2) is 9.18 Å². The van der Waals surface area contributed by atoms with E-state index < -0.39 is 24.7 Å². The van der Waals surface area contributed by atoms with Gasteiger partial charge in [0.1, 0.15) is 5.82 Å². The SMILES string of the molecule is CC(C)N(C)c1ccc(NC(=O)OCC(F)(F)F)cc1F. The lowest BCUT2D eigenvalue weighted by Gasteiger charge is -2.24. The second-order valence-corrected chi connectivity index (χ2v) is 4.69. The molecule has 1 aromatic carbocycles. The minimum atomic E-state index is -4.60. The van der Waals surface area contributed by atoms with Crippen molar-refractivity contribution in [2.24, 2.45) is 0 Å². The van der Waals surface area contributed by atoms with Crippen molar-refractivity contribution in [2.75, 3.05) is 23.9 Å². The van der Waals surface area contributed by atoms with Gasteiger partial charge in [-0.2, -0.15) is 13.2 Å². The highest BCUT2D eigenvalue weighted by Gasteiger charge is 2.29. The first-order chi connectivity index (χ1) is 9.60. The Kier molecular flexibility index (Phi) is 5.40. The van der Waals surface area contributed by atoms with E-state index >= 15 is 0 Å². The molecule has 0 aliphatic rings. The van der Waals surface area contributed by atoms with Crippen molar-refractivity contribution >= 4 is 17.5 Å². The molecule has 0 spiro atoms. The van der Waals surface area contributed by atoms with Crippen LogP contribution in [0.1, 0.15) is 13.8 Å². The standard InChI is InChI=1S/C13H16F4N2O2/c1-8(2)19(3)11-5-4-9(6-10(11)14)18-12(20)21-7-13(15,16)17/h4-6,8H,7H2,1-3H3,(H,18,20). The van der Waals surface area contributed by atoms with Crippen LogP contribution in [0.3, 0.4) is 0 Å². The van der Waals surface area contributed by atoms with E-state index in [9.17, 15) is 22.4 Å². The first-order valence-electron chi connectivity index (χ1n) is 6.13. The molecule has 0 heterocycles. The number of nitrogens with zero attached hydrogens (tertiary/aromatic N) is 1. The minimum absolute atomic E-state index is 0.0144. The van der Waals surface area contributed by atoms with Crippen molar-refractivity contribution in [1.29, 1.82) is 0 Å². The van der Waals surface area contributed by atoms with Gasteiger partial charge in [-0.3, -0.25) is 5.32 Å². The van der Waals surface area contributed by atoms with E-state index in [1.807, 2.05) is 19.2 Å². The molecule has 0 saturated carbocycles. The molecule has 0 fully saturated rings. The first kappa shape index (κ1) is 17.1. The average molecular weight is 308 g/mol. The smallest absolute Gasteiger partial charge is 0.422 e. The molecule has 0 radical (unpaired) electrons. The molecule has 1 rings (SSSR count). The molecular formula is C13H16F4N2O2. The normalized spacial score (nSPS) is 11.4. The number of rotatable bonds is 4. The Morgan fingerprint density at radius 1 is 1.38 bits per heavy atom. The molecular weight excluding hydrogens is 292 g/mol. The summed E-state index contributed by atoms with van der Waals surface area (Å²) < 4.78 is 53.4. The third kappa shape index (κ3) is 5.49. The summed E-state index contributed by atoms with van der Waals surface area (Å²) in [6.45, 7) is 2.05. The molecule has 0 bridgehead atoms.